The van der Waals surface area contributed by atoms with E-state index in [-0.39, 0.29) is 0 Å². The van der Waals surface area contributed by atoms with Crippen molar-refractivity contribution >= 4 is 35.3 Å². The highest BCUT2D eigenvalue weighted by atomic mass is 35.5. The molecule has 0 unspecified atom stereocenters. The summed E-state index contributed by atoms with van der Waals surface area (Å²) in [5.74, 6) is -1.10. The minimum absolute atomic E-state index is 0.479. The zero-order chi connectivity index (χ0) is 19.1. The maximum Gasteiger partial charge on any atom is 0.329 e. The molecule has 2 rings (SSSR count). The van der Waals surface area contributed by atoms with Crippen molar-refractivity contribution in [3.8, 4) is 5.75 Å². The number of hydrogen-bond donors (Lipinski definition) is 2. The van der Waals surface area contributed by atoms with Gasteiger partial charge < -0.3 is 10.1 Å². The normalized spacial score (nSPS) is 10.6. The number of aryl methyl sites for hydroxylation is 2. The molecule has 2 aromatic carbocycles. The molecule has 7 heteroatoms. The molecule has 2 amide bonds. The zero-order valence-corrected chi connectivity index (χ0v) is 15.6. The molecule has 0 aliphatic heterocycles. The highest BCUT2D eigenvalue weighted by Crippen LogP contribution is 2.21. The van der Waals surface area contributed by atoms with Crippen LogP contribution in [0.5, 0.6) is 5.75 Å². The van der Waals surface area contributed by atoms with Crippen molar-refractivity contribution < 1.29 is 14.3 Å². The average Bonchev–Trinajstić information content (AvgIpc) is 2.60. The van der Waals surface area contributed by atoms with E-state index < -0.39 is 11.8 Å². The highest BCUT2D eigenvalue weighted by molar-refractivity contribution is 6.39. The van der Waals surface area contributed by atoms with Gasteiger partial charge in [-0.3, -0.25) is 9.59 Å². The van der Waals surface area contributed by atoms with Gasteiger partial charge in [-0.25, -0.2) is 5.43 Å². The van der Waals surface area contributed by atoms with Crippen molar-refractivity contribution in [2.45, 2.75) is 20.8 Å². The minimum atomic E-state index is -0.875. The van der Waals surface area contributed by atoms with E-state index in [2.05, 4.69) is 15.8 Å². The molecule has 0 spiro atoms. The van der Waals surface area contributed by atoms with Crippen LogP contribution in [0.4, 0.5) is 5.69 Å². The Bertz CT molecular complexity index is 850. The second-order valence-corrected chi connectivity index (χ2v) is 6.00. The summed E-state index contributed by atoms with van der Waals surface area (Å²) in [6.45, 7) is 6.23. The minimum Gasteiger partial charge on any atom is -0.493 e. The molecule has 0 heterocycles. The molecular formula is C19H20ClN3O3. The van der Waals surface area contributed by atoms with Crippen LogP contribution < -0.4 is 15.5 Å². The molecule has 0 saturated carbocycles. The fourth-order valence-corrected chi connectivity index (χ4v) is 2.31. The van der Waals surface area contributed by atoms with E-state index in [1.54, 1.807) is 30.3 Å². The fourth-order valence-electron chi connectivity index (χ4n) is 2.13. The first-order chi connectivity index (χ1) is 12.4. The number of carbonyl (C=O) groups excluding carboxylic acids is 2. The van der Waals surface area contributed by atoms with E-state index in [4.69, 9.17) is 16.3 Å². The van der Waals surface area contributed by atoms with Gasteiger partial charge in [-0.15, -0.1) is 0 Å². The van der Waals surface area contributed by atoms with Gasteiger partial charge in [0.2, 0.25) is 0 Å². The molecule has 0 radical (unpaired) electrons. The zero-order valence-electron chi connectivity index (χ0n) is 14.8. The highest BCUT2D eigenvalue weighted by Gasteiger charge is 2.13. The van der Waals surface area contributed by atoms with E-state index in [0.29, 0.717) is 28.6 Å². The Morgan fingerprint density at radius 1 is 1.12 bits per heavy atom. The van der Waals surface area contributed by atoms with Crippen molar-refractivity contribution in [1.82, 2.24) is 5.43 Å². The maximum absolute atomic E-state index is 11.9. The number of anilines is 1. The van der Waals surface area contributed by atoms with Crippen molar-refractivity contribution in [3.63, 3.8) is 0 Å². The maximum atomic E-state index is 11.9. The number of ether oxygens (including phenoxy) is 1. The van der Waals surface area contributed by atoms with Crippen LogP contribution in [0.1, 0.15) is 23.6 Å². The second-order valence-electron chi connectivity index (χ2n) is 5.57. The van der Waals surface area contributed by atoms with Crippen LogP contribution in [0.3, 0.4) is 0 Å². The number of benzene rings is 2. The van der Waals surface area contributed by atoms with Crippen molar-refractivity contribution in [2.75, 3.05) is 11.9 Å². The number of rotatable bonds is 5. The number of hydrazone groups is 1. The van der Waals surface area contributed by atoms with Crippen LogP contribution in [0, 0.1) is 13.8 Å². The first-order valence-corrected chi connectivity index (χ1v) is 8.42. The van der Waals surface area contributed by atoms with Gasteiger partial charge in [-0.2, -0.15) is 5.10 Å². The van der Waals surface area contributed by atoms with Crippen LogP contribution in [0.25, 0.3) is 0 Å². The van der Waals surface area contributed by atoms with E-state index in [1.165, 1.54) is 6.21 Å². The Morgan fingerprint density at radius 2 is 1.88 bits per heavy atom. The van der Waals surface area contributed by atoms with Crippen LogP contribution in [0.2, 0.25) is 5.02 Å². The molecule has 2 aromatic rings. The van der Waals surface area contributed by atoms with E-state index in [9.17, 15) is 9.59 Å². The fraction of sp³-hybridized carbons (Fsp3) is 0.211. The number of halogens is 1. The quantitative estimate of drug-likeness (QED) is 0.478. The lowest BCUT2D eigenvalue weighted by molar-refractivity contribution is -0.136. The summed E-state index contributed by atoms with van der Waals surface area (Å²) < 4.78 is 5.45. The van der Waals surface area contributed by atoms with Gasteiger partial charge in [0.15, 0.2) is 0 Å². The summed E-state index contributed by atoms with van der Waals surface area (Å²) >= 11 is 5.95. The molecule has 0 bridgehead atoms. The lowest BCUT2D eigenvalue weighted by atomic mass is 10.1. The summed E-state index contributed by atoms with van der Waals surface area (Å²) in [5.41, 5.74) is 5.44. The second kappa shape index (κ2) is 9.01. The lowest BCUT2D eigenvalue weighted by Crippen LogP contribution is -2.32. The summed E-state index contributed by atoms with van der Waals surface area (Å²) in [6, 6.07) is 10.5. The van der Waals surface area contributed by atoms with Crippen LogP contribution in [-0.4, -0.2) is 24.6 Å². The third-order valence-electron chi connectivity index (χ3n) is 3.61. The number of hydrogen-bond acceptors (Lipinski definition) is 4. The molecule has 26 heavy (non-hydrogen) atoms. The summed E-state index contributed by atoms with van der Waals surface area (Å²) in [7, 11) is 0. The van der Waals surface area contributed by atoms with Gasteiger partial charge in [-0.05, 0) is 62.2 Å². The van der Waals surface area contributed by atoms with E-state index in [0.717, 1.165) is 11.1 Å². The SMILES string of the molecule is CCOc1ccc(Cl)cc1/C=N\NC(=O)C(=O)Nc1ccc(C)c(C)c1. The van der Waals surface area contributed by atoms with Gasteiger partial charge >= 0.3 is 11.8 Å². The van der Waals surface area contributed by atoms with Gasteiger partial charge in [0.1, 0.15) is 5.75 Å². The Kier molecular flexibility index (Phi) is 6.74. The Hall–Kier alpha value is -2.86. The molecule has 0 saturated heterocycles. The smallest absolute Gasteiger partial charge is 0.329 e. The largest absolute Gasteiger partial charge is 0.493 e. The summed E-state index contributed by atoms with van der Waals surface area (Å²) in [6.07, 6.45) is 1.37. The molecule has 136 valence electrons. The predicted octanol–water partition coefficient (Wildman–Crippen LogP) is 3.44. The summed E-state index contributed by atoms with van der Waals surface area (Å²) in [4.78, 5) is 23.8. The molecule has 6 nitrogen and oxygen atoms in total. The third kappa shape index (κ3) is 5.32. The summed E-state index contributed by atoms with van der Waals surface area (Å²) in [5, 5.41) is 6.83. The Labute approximate surface area is 157 Å². The van der Waals surface area contributed by atoms with Crippen LogP contribution in [-0.2, 0) is 9.59 Å². The number of nitrogens with zero attached hydrogens (tertiary/aromatic N) is 1. The van der Waals surface area contributed by atoms with Crippen molar-refractivity contribution in [1.29, 1.82) is 0 Å². The van der Waals surface area contributed by atoms with Crippen molar-refractivity contribution in [2.24, 2.45) is 5.10 Å². The number of amides is 2. The molecule has 0 atom stereocenters. The van der Waals surface area contributed by atoms with Crippen LogP contribution >= 0.6 is 11.6 Å². The topological polar surface area (TPSA) is 79.8 Å². The lowest BCUT2D eigenvalue weighted by Gasteiger charge is -2.07. The predicted molar refractivity (Wildman–Crippen MR) is 103 cm³/mol. The first-order valence-electron chi connectivity index (χ1n) is 8.04. The monoisotopic (exact) mass is 373 g/mol. The molecule has 0 aromatic heterocycles. The molecule has 0 fully saturated rings. The Balaban J connectivity index is 1.99. The van der Waals surface area contributed by atoms with E-state index in [1.807, 2.05) is 26.8 Å². The third-order valence-corrected chi connectivity index (χ3v) is 3.85. The van der Waals surface area contributed by atoms with Gasteiger partial charge in [0.05, 0.1) is 12.8 Å². The van der Waals surface area contributed by atoms with Gasteiger partial charge in [-0.1, -0.05) is 17.7 Å². The van der Waals surface area contributed by atoms with E-state index >= 15 is 0 Å². The molecule has 0 aliphatic rings. The van der Waals surface area contributed by atoms with Gasteiger partial charge in [0.25, 0.3) is 0 Å². The van der Waals surface area contributed by atoms with Crippen LogP contribution in [0.15, 0.2) is 41.5 Å². The number of carbonyl (C=O) groups is 2. The molecule has 2 N–H and O–H groups in total. The first kappa shape index (κ1) is 19.5. The number of nitrogens with one attached hydrogen (secondary N) is 2. The molecular weight excluding hydrogens is 354 g/mol. The standard InChI is InChI=1S/C19H20ClN3O3/c1-4-26-17-8-6-15(20)10-14(17)11-21-23-19(25)18(24)22-16-7-5-12(2)13(3)9-16/h5-11H,4H2,1-3H3,(H,22,24)(H,23,25)/b21-11-. The Morgan fingerprint density at radius 3 is 2.58 bits per heavy atom. The van der Waals surface area contributed by atoms with Crippen molar-refractivity contribution in [3.05, 3.63) is 58.1 Å². The van der Waals surface area contributed by atoms with Gasteiger partial charge in [0, 0.05) is 16.3 Å². The molecule has 0 aliphatic carbocycles. The average molecular weight is 374 g/mol.